The van der Waals surface area contributed by atoms with Crippen molar-refractivity contribution in [2.24, 2.45) is 0 Å². The zero-order valence-corrected chi connectivity index (χ0v) is 9.56. The lowest BCUT2D eigenvalue weighted by Gasteiger charge is -2.18. The van der Waals surface area contributed by atoms with Gasteiger partial charge in [-0.25, -0.2) is 9.97 Å². The van der Waals surface area contributed by atoms with Gasteiger partial charge in [-0.3, -0.25) is 0 Å². The van der Waals surface area contributed by atoms with Gasteiger partial charge >= 0.3 is 0 Å². The third-order valence-electron chi connectivity index (χ3n) is 1.44. The molecule has 1 heterocycles. The Morgan fingerprint density at radius 3 is 2.93 bits per heavy atom. The first-order valence-electron chi connectivity index (χ1n) is 4.05. The second-order valence-corrected chi connectivity index (χ2v) is 5.27. The van der Waals surface area contributed by atoms with Gasteiger partial charge in [0.05, 0.1) is 0 Å². The van der Waals surface area contributed by atoms with Crippen LogP contribution in [0.2, 0.25) is 0 Å². The van der Waals surface area contributed by atoms with Crippen molar-refractivity contribution in [3.8, 4) is 6.07 Å². The molecule has 0 atom stereocenters. The zero-order chi connectivity index (χ0) is 10.6. The lowest BCUT2D eigenvalue weighted by Crippen LogP contribution is -2.17. The molecule has 14 heavy (non-hydrogen) atoms. The number of alkyl halides is 1. The van der Waals surface area contributed by atoms with Crippen LogP contribution in [-0.4, -0.2) is 20.6 Å². The van der Waals surface area contributed by atoms with Crippen molar-refractivity contribution in [2.45, 2.75) is 23.8 Å². The fraction of sp³-hybridized carbons (Fsp3) is 0.444. The molecule has 0 aliphatic rings. The Labute approximate surface area is 92.5 Å². The maximum absolute atomic E-state index is 8.64. The molecule has 0 aliphatic carbocycles. The van der Waals surface area contributed by atoms with E-state index in [9.17, 15) is 0 Å². The largest absolute Gasteiger partial charge is 0.231 e. The van der Waals surface area contributed by atoms with Crippen molar-refractivity contribution in [1.82, 2.24) is 9.97 Å². The molecule has 74 valence electrons. The highest BCUT2D eigenvalue weighted by Crippen LogP contribution is 2.30. The molecule has 0 amide bonds. The van der Waals surface area contributed by atoms with E-state index in [1.165, 1.54) is 11.8 Å². The minimum Gasteiger partial charge on any atom is -0.231 e. The number of hydrogen-bond donors (Lipinski definition) is 0. The second kappa shape index (κ2) is 4.63. The predicted molar refractivity (Wildman–Crippen MR) is 57.4 cm³/mol. The van der Waals surface area contributed by atoms with Crippen LogP contribution in [-0.2, 0) is 0 Å². The minimum atomic E-state index is -0.115. The number of rotatable bonds is 3. The highest BCUT2D eigenvalue weighted by atomic mass is 35.5. The normalized spacial score (nSPS) is 11.0. The zero-order valence-electron chi connectivity index (χ0n) is 7.99. The first kappa shape index (κ1) is 11.3. The van der Waals surface area contributed by atoms with Crippen LogP contribution in [0.3, 0.4) is 0 Å². The number of aromatic nitrogens is 2. The van der Waals surface area contributed by atoms with Crippen LogP contribution in [0.1, 0.15) is 19.5 Å². The fourth-order valence-corrected chi connectivity index (χ4v) is 1.70. The Morgan fingerprint density at radius 1 is 1.64 bits per heavy atom. The molecule has 0 spiro atoms. The van der Waals surface area contributed by atoms with E-state index in [0.29, 0.717) is 16.7 Å². The molecule has 1 aromatic heterocycles. The molecule has 0 fully saturated rings. The minimum absolute atomic E-state index is 0.115. The quantitative estimate of drug-likeness (QED) is 0.452. The summed E-state index contributed by atoms with van der Waals surface area (Å²) in [5.74, 6) is 0.512. The van der Waals surface area contributed by atoms with Gasteiger partial charge in [-0.05, 0) is 19.9 Å². The summed E-state index contributed by atoms with van der Waals surface area (Å²) in [6.07, 6.45) is 1.58. The van der Waals surface area contributed by atoms with Crippen molar-refractivity contribution in [3.05, 3.63) is 18.0 Å². The third-order valence-corrected chi connectivity index (χ3v) is 3.34. The highest BCUT2D eigenvalue weighted by molar-refractivity contribution is 8.00. The van der Waals surface area contributed by atoms with Crippen molar-refractivity contribution in [3.63, 3.8) is 0 Å². The molecule has 0 N–H and O–H groups in total. The summed E-state index contributed by atoms with van der Waals surface area (Å²) in [7, 11) is 0. The van der Waals surface area contributed by atoms with Gasteiger partial charge in [-0.2, -0.15) is 5.26 Å². The Bertz CT molecular complexity index is 359. The molecule has 0 aromatic carbocycles. The number of nitriles is 1. The van der Waals surface area contributed by atoms with Crippen molar-refractivity contribution in [1.29, 1.82) is 5.26 Å². The summed E-state index contributed by atoms with van der Waals surface area (Å²) in [4.78, 5) is 8.12. The van der Waals surface area contributed by atoms with E-state index < -0.39 is 0 Å². The van der Waals surface area contributed by atoms with Crippen LogP contribution in [0.4, 0.5) is 0 Å². The van der Waals surface area contributed by atoms with Gasteiger partial charge in [-0.1, -0.05) is 11.8 Å². The van der Waals surface area contributed by atoms with E-state index in [4.69, 9.17) is 16.9 Å². The van der Waals surface area contributed by atoms with Gasteiger partial charge in [0.15, 0.2) is 5.16 Å². The van der Waals surface area contributed by atoms with E-state index in [-0.39, 0.29) is 4.75 Å². The van der Waals surface area contributed by atoms with Gasteiger partial charge < -0.3 is 0 Å². The average Bonchev–Trinajstić information content (AvgIpc) is 2.17. The maximum atomic E-state index is 8.64. The Kier molecular flexibility index (Phi) is 3.73. The summed E-state index contributed by atoms with van der Waals surface area (Å²) >= 11 is 7.25. The predicted octanol–water partition coefficient (Wildman–Crippen LogP) is 2.46. The lowest BCUT2D eigenvalue weighted by atomic mass is 10.2. The van der Waals surface area contributed by atoms with Gasteiger partial charge in [0.1, 0.15) is 11.8 Å². The summed E-state index contributed by atoms with van der Waals surface area (Å²) in [6.45, 7) is 4.01. The van der Waals surface area contributed by atoms with Crippen LogP contribution in [0.15, 0.2) is 17.4 Å². The standard InChI is InChI=1S/C9H10ClN3S/c1-9(2,6-10)14-8-12-4-3-7(5-11)13-8/h3-4H,6H2,1-2H3. The smallest absolute Gasteiger partial charge is 0.189 e. The number of nitrogens with zero attached hydrogens (tertiary/aromatic N) is 3. The second-order valence-electron chi connectivity index (χ2n) is 3.33. The molecule has 0 saturated heterocycles. The monoisotopic (exact) mass is 227 g/mol. The summed E-state index contributed by atoms with van der Waals surface area (Å²) in [5.41, 5.74) is 0.382. The number of halogens is 1. The molecular weight excluding hydrogens is 218 g/mol. The Hall–Kier alpha value is -0.790. The maximum Gasteiger partial charge on any atom is 0.189 e. The summed E-state index contributed by atoms with van der Waals surface area (Å²) in [5, 5.41) is 9.23. The van der Waals surface area contributed by atoms with Crippen LogP contribution >= 0.6 is 23.4 Å². The Morgan fingerprint density at radius 2 is 2.36 bits per heavy atom. The van der Waals surface area contributed by atoms with Gasteiger partial charge in [0, 0.05) is 16.8 Å². The van der Waals surface area contributed by atoms with E-state index in [0.717, 1.165) is 0 Å². The van der Waals surface area contributed by atoms with Gasteiger partial charge in [0.25, 0.3) is 0 Å². The molecule has 0 saturated carbocycles. The van der Waals surface area contributed by atoms with Crippen LogP contribution in [0, 0.1) is 11.3 Å². The van der Waals surface area contributed by atoms with Crippen LogP contribution in [0.5, 0.6) is 0 Å². The van der Waals surface area contributed by atoms with E-state index in [1.54, 1.807) is 12.3 Å². The number of hydrogen-bond acceptors (Lipinski definition) is 4. The molecule has 1 aromatic rings. The molecule has 1 rings (SSSR count). The van der Waals surface area contributed by atoms with Gasteiger partial charge in [0.2, 0.25) is 0 Å². The van der Waals surface area contributed by atoms with Crippen LogP contribution < -0.4 is 0 Å². The molecule has 0 bridgehead atoms. The first-order chi connectivity index (χ1) is 6.57. The number of thioether (sulfide) groups is 1. The third kappa shape index (κ3) is 3.17. The molecule has 3 nitrogen and oxygen atoms in total. The van der Waals surface area contributed by atoms with Crippen LogP contribution in [0.25, 0.3) is 0 Å². The van der Waals surface area contributed by atoms with Gasteiger partial charge in [-0.15, -0.1) is 11.6 Å². The molecule has 5 heteroatoms. The average molecular weight is 228 g/mol. The SMILES string of the molecule is CC(C)(CCl)Sc1nccc(C#N)n1. The summed E-state index contributed by atoms with van der Waals surface area (Å²) < 4.78 is -0.115. The van der Waals surface area contributed by atoms with E-state index in [2.05, 4.69) is 9.97 Å². The van der Waals surface area contributed by atoms with E-state index >= 15 is 0 Å². The summed E-state index contributed by atoms with van der Waals surface area (Å²) in [6, 6.07) is 3.55. The topological polar surface area (TPSA) is 49.6 Å². The van der Waals surface area contributed by atoms with Crippen molar-refractivity contribution < 1.29 is 0 Å². The van der Waals surface area contributed by atoms with E-state index in [1.807, 2.05) is 19.9 Å². The molecule has 0 aliphatic heterocycles. The highest BCUT2D eigenvalue weighted by Gasteiger charge is 2.19. The van der Waals surface area contributed by atoms with Crippen molar-refractivity contribution in [2.75, 3.05) is 5.88 Å². The lowest BCUT2D eigenvalue weighted by molar-refractivity contribution is 0.798. The molecule has 0 unspecified atom stereocenters. The Balaban J connectivity index is 2.83. The van der Waals surface area contributed by atoms with Crippen molar-refractivity contribution >= 4 is 23.4 Å². The fourth-order valence-electron chi connectivity index (χ4n) is 0.727. The molecular formula is C9H10ClN3S. The molecule has 0 radical (unpaired) electrons. The first-order valence-corrected chi connectivity index (χ1v) is 5.40.